The molecule has 2 heterocycles. The molecule has 1 saturated heterocycles. The molecule has 2 aromatic carbocycles. The van der Waals surface area contributed by atoms with E-state index in [4.69, 9.17) is 0 Å². The first-order valence-corrected chi connectivity index (χ1v) is 10.5. The van der Waals surface area contributed by atoms with Crippen LogP contribution in [-0.2, 0) is 6.54 Å². The van der Waals surface area contributed by atoms with E-state index in [1.807, 2.05) is 59.5 Å². The van der Waals surface area contributed by atoms with E-state index in [1.165, 1.54) is 11.3 Å². The molecule has 0 bridgehead atoms. The number of nitrogens with zero attached hydrogens (tertiary/aromatic N) is 2. The van der Waals surface area contributed by atoms with Crippen LogP contribution in [0.4, 0.5) is 10.5 Å². The first kappa shape index (κ1) is 19.1. The molecule has 0 spiro atoms. The predicted molar refractivity (Wildman–Crippen MR) is 115 cm³/mol. The number of urea groups is 1. The third kappa shape index (κ3) is 4.81. The molecular weight excluding hydrogens is 384 g/mol. The van der Waals surface area contributed by atoms with Crippen LogP contribution in [0.2, 0.25) is 0 Å². The Hall–Kier alpha value is -3.19. The molecule has 6 nitrogen and oxygen atoms in total. The molecule has 0 radical (unpaired) electrons. The topological polar surface area (TPSA) is 74.3 Å². The average Bonchev–Trinajstić information content (AvgIpc) is 3.45. The van der Waals surface area contributed by atoms with Gasteiger partial charge in [0, 0.05) is 36.3 Å². The van der Waals surface area contributed by atoms with Crippen LogP contribution in [0.15, 0.2) is 60.0 Å². The van der Waals surface area contributed by atoms with Crippen molar-refractivity contribution in [3.05, 3.63) is 71.2 Å². The number of carbonyl (C=O) groups excluding carboxylic acids is 2. The Morgan fingerprint density at radius 3 is 2.62 bits per heavy atom. The van der Waals surface area contributed by atoms with Crippen molar-refractivity contribution in [2.24, 2.45) is 0 Å². The van der Waals surface area contributed by atoms with E-state index in [0.717, 1.165) is 47.8 Å². The van der Waals surface area contributed by atoms with Crippen LogP contribution in [0.5, 0.6) is 0 Å². The Morgan fingerprint density at radius 2 is 1.83 bits per heavy atom. The highest BCUT2D eigenvalue weighted by molar-refractivity contribution is 7.13. The summed E-state index contributed by atoms with van der Waals surface area (Å²) in [4.78, 5) is 30.9. The fourth-order valence-electron chi connectivity index (χ4n) is 3.25. The lowest BCUT2D eigenvalue weighted by Gasteiger charge is -2.16. The van der Waals surface area contributed by atoms with Crippen molar-refractivity contribution in [1.29, 1.82) is 0 Å². The molecule has 7 heteroatoms. The van der Waals surface area contributed by atoms with Gasteiger partial charge in [0.2, 0.25) is 0 Å². The molecule has 148 valence electrons. The number of aromatic nitrogens is 1. The lowest BCUT2D eigenvalue weighted by molar-refractivity contribution is 0.0946. The molecule has 29 heavy (non-hydrogen) atoms. The minimum Gasteiger partial charge on any atom is -0.347 e. The fourth-order valence-corrected chi connectivity index (χ4v) is 4.05. The van der Waals surface area contributed by atoms with E-state index in [0.29, 0.717) is 12.2 Å². The predicted octanol–water partition coefficient (Wildman–Crippen LogP) is 4.37. The number of hydrogen-bond acceptors (Lipinski definition) is 4. The van der Waals surface area contributed by atoms with Gasteiger partial charge in [-0.15, -0.1) is 11.3 Å². The average molecular weight is 407 g/mol. The first-order chi connectivity index (χ1) is 14.2. The number of likely N-dealkylation sites (tertiary alicyclic amines) is 1. The lowest BCUT2D eigenvalue weighted by Crippen LogP contribution is -2.32. The van der Waals surface area contributed by atoms with E-state index in [2.05, 4.69) is 15.6 Å². The molecule has 0 aliphatic carbocycles. The SMILES string of the molecule is O=C(NCc1cccc(NC(=O)N2CCCC2)c1)c1csc(-c2ccccc2)n1. The molecular formula is C22H22N4O2S. The minimum absolute atomic E-state index is 0.0698. The van der Waals surface area contributed by atoms with Crippen molar-refractivity contribution in [2.75, 3.05) is 18.4 Å². The van der Waals surface area contributed by atoms with Crippen LogP contribution in [0.1, 0.15) is 28.9 Å². The van der Waals surface area contributed by atoms with Crippen molar-refractivity contribution in [3.63, 3.8) is 0 Å². The summed E-state index contributed by atoms with van der Waals surface area (Å²) < 4.78 is 0. The summed E-state index contributed by atoms with van der Waals surface area (Å²) in [6, 6.07) is 17.3. The largest absolute Gasteiger partial charge is 0.347 e. The number of benzene rings is 2. The number of hydrogen-bond donors (Lipinski definition) is 2. The molecule has 1 aliphatic heterocycles. The Kier molecular flexibility index (Phi) is 5.86. The van der Waals surface area contributed by atoms with E-state index in [-0.39, 0.29) is 11.9 Å². The van der Waals surface area contributed by atoms with Crippen LogP contribution in [0.25, 0.3) is 10.6 Å². The molecule has 0 unspecified atom stereocenters. The van der Waals surface area contributed by atoms with Crippen LogP contribution in [-0.4, -0.2) is 34.9 Å². The number of nitrogens with one attached hydrogen (secondary N) is 2. The summed E-state index contributed by atoms with van der Waals surface area (Å²) in [7, 11) is 0. The van der Waals surface area contributed by atoms with E-state index < -0.39 is 0 Å². The Balaban J connectivity index is 1.35. The number of carbonyl (C=O) groups is 2. The van der Waals surface area contributed by atoms with Crippen LogP contribution in [0, 0.1) is 0 Å². The molecule has 0 saturated carbocycles. The van der Waals surface area contributed by atoms with Gasteiger partial charge in [-0.2, -0.15) is 0 Å². The zero-order chi connectivity index (χ0) is 20.1. The number of thiazole rings is 1. The van der Waals surface area contributed by atoms with Gasteiger partial charge in [-0.1, -0.05) is 42.5 Å². The van der Waals surface area contributed by atoms with Crippen LogP contribution < -0.4 is 10.6 Å². The standard InChI is InChI=1S/C22H22N4O2S/c27-20(19-15-29-21(25-19)17-8-2-1-3-9-17)23-14-16-7-6-10-18(13-16)24-22(28)26-11-4-5-12-26/h1-3,6-10,13,15H,4-5,11-12,14H2,(H,23,27)(H,24,28). The van der Waals surface area contributed by atoms with Crippen molar-refractivity contribution in [2.45, 2.75) is 19.4 Å². The number of anilines is 1. The second-order valence-electron chi connectivity index (χ2n) is 6.91. The number of amides is 3. The maximum Gasteiger partial charge on any atom is 0.321 e. The summed E-state index contributed by atoms with van der Waals surface area (Å²) in [6.45, 7) is 1.98. The van der Waals surface area contributed by atoms with Gasteiger partial charge in [0.15, 0.2) is 0 Å². The summed E-state index contributed by atoms with van der Waals surface area (Å²) >= 11 is 1.45. The third-order valence-electron chi connectivity index (χ3n) is 4.78. The summed E-state index contributed by atoms with van der Waals surface area (Å²) in [6.07, 6.45) is 2.12. The zero-order valence-electron chi connectivity index (χ0n) is 15.9. The molecule has 3 amide bonds. The highest BCUT2D eigenvalue weighted by atomic mass is 32.1. The van der Waals surface area contributed by atoms with E-state index in [9.17, 15) is 9.59 Å². The zero-order valence-corrected chi connectivity index (χ0v) is 16.7. The van der Waals surface area contributed by atoms with Crippen molar-refractivity contribution < 1.29 is 9.59 Å². The fraction of sp³-hybridized carbons (Fsp3) is 0.227. The minimum atomic E-state index is -0.213. The number of rotatable bonds is 5. The molecule has 0 atom stereocenters. The molecule has 3 aromatic rings. The Morgan fingerprint density at radius 1 is 1.03 bits per heavy atom. The summed E-state index contributed by atoms with van der Waals surface area (Å²) in [5.74, 6) is -0.213. The molecule has 1 fully saturated rings. The summed E-state index contributed by atoms with van der Waals surface area (Å²) in [5, 5.41) is 8.42. The van der Waals surface area contributed by atoms with E-state index >= 15 is 0 Å². The van der Waals surface area contributed by atoms with Gasteiger partial charge in [0.05, 0.1) is 0 Å². The quantitative estimate of drug-likeness (QED) is 0.661. The molecule has 1 aromatic heterocycles. The van der Waals surface area contributed by atoms with Crippen LogP contribution >= 0.6 is 11.3 Å². The Labute approximate surface area is 173 Å². The highest BCUT2D eigenvalue weighted by Gasteiger charge is 2.18. The van der Waals surface area contributed by atoms with Crippen molar-refractivity contribution in [1.82, 2.24) is 15.2 Å². The van der Waals surface area contributed by atoms with Crippen LogP contribution in [0.3, 0.4) is 0 Å². The van der Waals surface area contributed by atoms with Gasteiger partial charge in [-0.05, 0) is 30.5 Å². The second-order valence-corrected chi connectivity index (χ2v) is 7.77. The smallest absolute Gasteiger partial charge is 0.321 e. The second kappa shape index (κ2) is 8.87. The first-order valence-electron chi connectivity index (χ1n) is 9.63. The van der Waals surface area contributed by atoms with Gasteiger partial charge in [-0.25, -0.2) is 9.78 Å². The third-order valence-corrected chi connectivity index (χ3v) is 5.67. The van der Waals surface area contributed by atoms with Gasteiger partial charge in [0.1, 0.15) is 10.7 Å². The maximum absolute atomic E-state index is 12.5. The molecule has 1 aliphatic rings. The van der Waals surface area contributed by atoms with Crippen molar-refractivity contribution in [3.8, 4) is 10.6 Å². The maximum atomic E-state index is 12.5. The van der Waals surface area contributed by atoms with Gasteiger partial charge in [0.25, 0.3) is 5.91 Å². The monoisotopic (exact) mass is 406 g/mol. The van der Waals surface area contributed by atoms with Gasteiger partial charge in [-0.3, -0.25) is 4.79 Å². The normalized spacial score (nSPS) is 13.3. The lowest BCUT2D eigenvalue weighted by atomic mass is 10.2. The van der Waals surface area contributed by atoms with Gasteiger partial charge >= 0.3 is 6.03 Å². The van der Waals surface area contributed by atoms with Crippen molar-refractivity contribution >= 4 is 29.0 Å². The Bertz CT molecular complexity index is 997. The van der Waals surface area contributed by atoms with E-state index in [1.54, 1.807) is 5.38 Å². The molecule has 4 rings (SSSR count). The highest BCUT2D eigenvalue weighted by Crippen LogP contribution is 2.23. The summed E-state index contributed by atoms with van der Waals surface area (Å²) in [5.41, 5.74) is 3.05. The van der Waals surface area contributed by atoms with Gasteiger partial charge < -0.3 is 15.5 Å². The molecule has 2 N–H and O–H groups in total.